The number of ketones is 2. The molecule has 1 saturated heterocycles. The van der Waals surface area contributed by atoms with E-state index in [1.54, 1.807) is 34.6 Å². The van der Waals surface area contributed by atoms with Gasteiger partial charge in [0.25, 0.3) is 5.91 Å². The van der Waals surface area contributed by atoms with Crippen LogP contribution in [0, 0.1) is 11.3 Å². The Kier molecular flexibility index (Phi) is 12.4. The molecule has 3 atom stereocenters. The summed E-state index contributed by atoms with van der Waals surface area (Å²) in [6.07, 6.45) is 3.24. The van der Waals surface area contributed by atoms with Crippen molar-refractivity contribution in [1.29, 1.82) is 0 Å². The number of amides is 5. The average Bonchev–Trinajstić information content (AvgIpc) is 3.32. The van der Waals surface area contributed by atoms with Gasteiger partial charge in [-0.3, -0.25) is 24.0 Å². The Morgan fingerprint density at radius 1 is 1.05 bits per heavy atom. The Bertz CT molecular complexity index is 879. The first-order chi connectivity index (χ1) is 17.2. The lowest BCUT2D eigenvalue weighted by atomic mass is 9.85. The SMILES string of the molecule is C=CCNC(=O)C(=O)C(CCC)NC(=O)[C@@H]1CCCN1C(=O)C(NC(=O)NCC(=O)C(C)C)C(C)(C)C. The van der Waals surface area contributed by atoms with E-state index in [1.807, 2.05) is 6.92 Å². The van der Waals surface area contributed by atoms with Crippen molar-refractivity contribution in [2.45, 2.75) is 85.4 Å². The first-order valence-electron chi connectivity index (χ1n) is 12.8. The number of hydrogen-bond acceptors (Lipinski definition) is 6. The van der Waals surface area contributed by atoms with Gasteiger partial charge in [0.2, 0.25) is 17.6 Å². The highest BCUT2D eigenvalue weighted by atomic mass is 16.2. The lowest BCUT2D eigenvalue weighted by molar-refractivity contribution is -0.143. The Morgan fingerprint density at radius 2 is 1.70 bits per heavy atom. The molecule has 0 saturated carbocycles. The van der Waals surface area contributed by atoms with Gasteiger partial charge < -0.3 is 26.2 Å². The highest BCUT2D eigenvalue weighted by molar-refractivity contribution is 6.38. The number of hydrogen-bond donors (Lipinski definition) is 4. The van der Waals surface area contributed by atoms with Crippen LogP contribution in [0.15, 0.2) is 12.7 Å². The van der Waals surface area contributed by atoms with Crippen molar-refractivity contribution in [2.75, 3.05) is 19.6 Å². The zero-order valence-electron chi connectivity index (χ0n) is 22.9. The molecule has 1 rings (SSSR count). The van der Waals surface area contributed by atoms with Gasteiger partial charge in [-0.2, -0.15) is 0 Å². The van der Waals surface area contributed by atoms with E-state index in [0.717, 1.165) is 0 Å². The van der Waals surface area contributed by atoms with Crippen LogP contribution in [0.1, 0.15) is 67.2 Å². The molecule has 208 valence electrons. The third-order valence-corrected chi connectivity index (χ3v) is 6.14. The summed E-state index contributed by atoms with van der Waals surface area (Å²) in [5, 5.41) is 10.2. The lowest BCUT2D eigenvalue weighted by Crippen LogP contribution is -2.60. The molecule has 5 amide bonds. The molecule has 1 aliphatic rings. The number of nitrogens with one attached hydrogen (secondary N) is 4. The molecule has 1 fully saturated rings. The van der Waals surface area contributed by atoms with Crippen molar-refractivity contribution in [2.24, 2.45) is 11.3 Å². The van der Waals surface area contributed by atoms with E-state index >= 15 is 0 Å². The van der Waals surface area contributed by atoms with Crippen molar-refractivity contribution < 1.29 is 28.8 Å². The van der Waals surface area contributed by atoms with Crippen LogP contribution in [0.4, 0.5) is 4.79 Å². The molecule has 0 aromatic heterocycles. The van der Waals surface area contributed by atoms with E-state index in [2.05, 4.69) is 27.8 Å². The van der Waals surface area contributed by atoms with Crippen LogP contribution in [0.2, 0.25) is 0 Å². The zero-order chi connectivity index (χ0) is 28.3. The monoisotopic (exact) mass is 521 g/mol. The van der Waals surface area contributed by atoms with Crippen molar-refractivity contribution in [3.63, 3.8) is 0 Å². The highest BCUT2D eigenvalue weighted by Gasteiger charge is 2.42. The molecular weight excluding hydrogens is 478 g/mol. The van der Waals surface area contributed by atoms with E-state index in [-0.39, 0.29) is 31.2 Å². The normalized spacial score (nSPS) is 16.9. The summed E-state index contributed by atoms with van der Waals surface area (Å²) in [4.78, 5) is 77.2. The largest absolute Gasteiger partial charge is 0.346 e. The predicted octanol–water partition coefficient (Wildman–Crippen LogP) is 1.07. The van der Waals surface area contributed by atoms with Crippen LogP contribution >= 0.6 is 0 Å². The number of carbonyl (C=O) groups excluding carboxylic acids is 6. The van der Waals surface area contributed by atoms with Crippen molar-refractivity contribution >= 4 is 35.3 Å². The Morgan fingerprint density at radius 3 is 2.24 bits per heavy atom. The van der Waals surface area contributed by atoms with Gasteiger partial charge in [-0.15, -0.1) is 6.58 Å². The van der Waals surface area contributed by atoms with Gasteiger partial charge in [-0.1, -0.05) is 54.0 Å². The topological polar surface area (TPSA) is 154 Å². The first-order valence-corrected chi connectivity index (χ1v) is 12.8. The molecule has 1 heterocycles. The molecular formula is C26H43N5O6. The minimum absolute atomic E-state index is 0.128. The van der Waals surface area contributed by atoms with Crippen LogP contribution in [-0.2, 0) is 24.0 Å². The van der Waals surface area contributed by atoms with E-state index in [4.69, 9.17) is 0 Å². The van der Waals surface area contributed by atoms with Crippen LogP contribution < -0.4 is 21.3 Å². The molecule has 1 aliphatic heterocycles. The summed E-state index contributed by atoms with van der Waals surface area (Å²) < 4.78 is 0. The van der Waals surface area contributed by atoms with E-state index in [1.165, 1.54) is 11.0 Å². The van der Waals surface area contributed by atoms with Crippen LogP contribution in [0.3, 0.4) is 0 Å². The summed E-state index contributed by atoms with van der Waals surface area (Å²) in [5.41, 5.74) is -0.690. The molecule has 0 spiro atoms. The first kappa shape index (κ1) is 31.8. The maximum Gasteiger partial charge on any atom is 0.315 e. The van der Waals surface area contributed by atoms with Gasteiger partial charge >= 0.3 is 6.03 Å². The second kappa shape index (κ2) is 14.5. The maximum absolute atomic E-state index is 13.6. The van der Waals surface area contributed by atoms with Gasteiger partial charge in [-0.25, -0.2) is 4.79 Å². The second-order valence-corrected chi connectivity index (χ2v) is 10.6. The molecule has 0 radical (unpaired) electrons. The predicted molar refractivity (Wildman–Crippen MR) is 139 cm³/mol. The average molecular weight is 522 g/mol. The smallest absolute Gasteiger partial charge is 0.315 e. The fraction of sp³-hybridized carbons (Fsp3) is 0.692. The fourth-order valence-electron chi connectivity index (χ4n) is 3.91. The quantitative estimate of drug-likeness (QED) is 0.210. The number of rotatable bonds is 13. The summed E-state index contributed by atoms with van der Waals surface area (Å²) in [6, 6.07) is -3.47. The van der Waals surface area contributed by atoms with Crippen molar-refractivity contribution in [1.82, 2.24) is 26.2 Å². The van der Waals surface area contributed by atoms with Crippen LogP contribution in [0.25, 0.3) is 0 Å². The lowest BCUT2D eigenvalue weighted by Gasteiger charge is -2.35. The molecule has 11 nitrogen and oxygen atoms in total. The van der Waals surface area contributed by atoms with Crippen LogP contribution in [-0.4, -0.2) is 78.0 Å². The number of nitrogens with zero attached hydrogens (tertiary/aromatic N) is 1. The zero-order valence-corrected chi connectivity index (χ0v) is 22.9. The Balaban J connectivity index is 2.98. The van der Waals surface area contributed by atoms with Gasteiger partial charge in [0.15, 0.2) is 5.78 Å². The van der Waals surface area contributed by atoms with Crippen LogP contribution in [0.5, 0.6) is 0 Å². The highest BCUT2D eigenvalue weighted by Crippen LogP contribution is 2.26. The Labute approximate surface area is 219 Å². The van der Waals surface area contributed by atoms with Crippen molar-refractivity contribution in [3.8, 4) is 0 Å². The molecule has 0 bridgehead atoms. The summed E-state index contributed by atoms with van der Waals surface area (Å²) in [6.45, 7) is 14.4. The maximum atomic E-state index is 13.6. The van der Waals surface area contributed by atoms with E-state index in [0.29, 0.717) is 25.8 Å². The van der Waals surface area contributed by atoms with Crippen molar-refractivity contribution in [3.05, 3.63) is 12.7 Å². The number of Topliss-reactive ketones (excluding diaryl/α,β-unsaturated/α-hetero) is 2. The third-order valence-electron chi connectivity index (χ3n) is 6.14. The number of likely N-dealkylation sites (tertiary alicyclic amines) is 1. The van der Waals surface area contributed by atoms with E-state index in [9.17, 15) is 28.8 Å². The number of carbonyl (C=O) groups is 6. The second-order valence-electron chi connectivity index (χ2n) is 10.6. The molecule has 2 unspecified atom stereocenters. The molecule has 37 heavy (non-hydrogen) atoms. The van der Waals surface area contributed by atoms with Gasteiger partial charge in [0, 0.05) is 19.0 Å². The standard InChI is InChI=1S/C26H43N5O6/c1-8-11-17(20(33)23(35)27-13-9-2)29-22(34)18-12-10-14-31(18)24(36)21(26(5,6)7)30-25(37)28-15-19(32)16(3)4/h9,16-18,21H,2,8,10-15H2,1,3-7H3,(H,27,35)(H,29,34)(H2,28,30,37)/t17?,18-,21?/m0/s1. The minimum atomic E-state index is -1.01. The van der Waals surface area contributed by atoms with Gasteiger partial charge in [0.05, 0.1) is 12.6 Å². The molecule has 0 aliphatic carbocycles. The Hall–Kier alpha value is -3.24. The van der Waals surface area contributed by atoms with Gasteiger partial charge in [-0.05, 0) is 24.7 Å². The van der Waals surface area contributed by atoms with E-state index < -0.39 is 53.1 Å². The number of urea groups is 1. The minimum Gasteiger partial charge on any atom is -0.346 e. The molecule has 11 heteroatoms. The molecule has 0 aromatic carbocycles. The molecule has 4 N–H and O–H groups in total. The van der Waals surface area contributed by atoms with Gasteiger partial charge in [0.1, 0.15) is 12.1 Å². The third kappa shape index (κ3) is 9.62. The summed E-state index contributed by atoms with van der Waals surface area (Å²) in [5.74, 6) is -2.89. The summed E-state index contributed by atoms with van der Waals surface area (Å²) >= 11 is 0. The fourth-order valence-corrected chi connectivity index (χ4v) is 3.91. The summed E-state index contributed by atoms with van der Waals surface area (Å²) in [7, 11) is 0. The molecule has 0 aromatic rings.